The first-order valence-corrected chi connectivity index (χ1v) is 6.85. The van der Waals surface area contributed by atoms with Crippen molar-refractivity contribution in [2.45, 2.75) is 5.33 Å². The summed E-state index contributed by atoms with van der Waals surface area (Å²) in [6, 6.07) is 12.8. The van der Waals surface area contributed by atoms with Crippen LogP contribution in [-0.4, -0.2) is 13.4 Å². The van der Waals surface area contributed by atoms with Crippen molar-refractivity contribution in [3.63, 3.8) is 0 Å². The highest BCUT2D eigenvalue weighted by Gasteiger charge is 2.07. The Labute approximate surface area is 120 Å². The van der Waals surface area contributed by atoms with Crippen molar-refractivity contribution >= 4 is 22.2 Å². The van der Waals surface area contributed by atoms with Crippen molar-refractivity contribution < 1.29 is 14.3 Å². The molecule has 19 heavy (non-hydrogen) atoms. The summed E-state index contributed by atoms with van der Waals surface area (Å²) in [5, 5.41) is 0.769. The van der Waals surface area contributed by atoms with Gasteiger partial charge < -0.3 is 9.47 Å². The number of benzene rings is 2. The predicted octanol–water partition coefficient (Wildman–Crippen LogP) is 4.19. The van der Waals surface area contributed by atoms with E-state index in [1.54, 1.807) is 25.3 Å². The zero-order chi connectivity index (χ0) is 13.7. The fraction of sp³-hybridized carbons (Fsp3) is 0.133. The topological polar surface area (TPSA) is 35.5 Å². The van der Waals surface area contributed by atoms with Crippen LogP contribution in [0.25, 0.3) is 0 Å². The maximum Gasteiger partial charge on any atom is 0.169 e. The second kappa shape index (κ2) is 6.38. The summed E-state index contributed by atoms with van der Waals surface area (Å²) >= 11 is 3.40. The quantitative estimate of drug-likeness (QED) is 0.612. The molecule has 0 atom stereocenters. The van der Waals surface area contributed by atoms with Gasteiger partial charge in [0.2, 0.25) is 0 Å². The Kier molecular flexibility index (Phi) is 4.58. The van der Waals surface area contributed by atoms with Crippen LogP contribution in [-0.2, 0) is 5.33 Å². The number of halogens is 1. The Hall–Kier alpha value is -1.81. The molecule has 0 N–H and O–H groups in total. The van der Waals surface area contributed by atoms with E-state index in [0.717, 1.165) is 22.9 Å². The lowest BCUT2D eigenvalue weighted by Gasteiger charge is -2.11. The molecular weight excluding hydrogens is 308 g/mol. The molecule has 0 amide bonds. The van der Waals surface area contributed by atoms with Gasteiger partial charge >= 0.3 is 0 Å². The first-order chi connectivity index (χ1) is 9.26. The Balaban J connectivity index is 2.29. The average Bonchev–Trinajstić information content (AvgIpc) is 2.48. The van der Waals surface area contributed by atoms with Gasteiger partial charge in [-0.15, -0.1) is 0 Å². The minimum Gasteiger partial charge on any atom is -0.493 e. The predicted molar refractivity (Wildman–Crippen MR) is 77.5 cm³/mol. The van der Waals surface area contributed by atoms with Crippen molar-refractivity contribution in [2.24, 2.45) is 0 Å². The van der Waals surface area contributed by atoms with Crippen molar-refractivity contribution in [1.82, 2.24) is 0 Å². The van der Waals surface area contributed by atoms with E-state index < -0.39 is 0 Å². The molecule has 0 bridgehead atoms. The zero-order valence-corrected chi connectivity index (χ0v) is 12.0. The minimum absolute atomic E-state index is 0.536. The lowest BCUT2D eigenvalue weighted by Crippen LogP contribution is -1.92. The molecule has 0 aliphatic carbocycles. The highest BCUT2D eigenvalue weighted by molar-refractivity contribution is 9.08. The lowest BCUT2D eigenvalue weighted by molar-refractivity contribution is 0.112. The van der Waals surface area contributed by atoms with Gasteiger partial charge in [0.15, 0.2) is 11.5 Å². The van der Waals surface area contributed by atoms with E-state index in [2.05, 4.69) is 15.9 Å². The second-order valence-corrected chi connectivity index (χ2v) is 4.47. The molecule has 0 unspecified atom stereocenters. The molecule has 4 heteroatoms. The van der Waals surface area contributed by atoms with Crippen molar-refractivity contribution in [2.75, 3.05) is 7.11 Å². The van der Waals surface area contributed by atoms with Gasteiger partial charge in [0.1, 0.15) is 12.0 Å². The number of methoxy groups -OCH3 is 1. The zero-order valence-electron chi connectivity index (χ0n) is 10.4. The third-order valence-electron chi connectivity index (χ3n) is 2.60. The number of rotatable bonds is 5. The first kappa shape index (κ1) is 13.6. The Morgan fingerprint density at radius 1 is 1.16 bits per heavy atom. The molecule has 0 saturated heterocycles. The van der Waals surface area contributed by atoms with Gasteiger partial charge in [-0.1, -0.05) is 28.1 Å². The largest absolute Gasteiger partial charge is 0.493 e. The number of ether oxygens (including phenoxy) is 2. The molecule has 3 nitrogen and oxygen atoms in total. The third-order valence-corrected chi connectivity index (χ3v) is 3.25. The van der Waals surface area contributed by atoms with Crippen LogP contribution in [0.2, 0.25) is 0 Å². The first-order valence-electron chi connectivity index (χ1n) is 5.73. The van der Waals surface area contributed by atoms with Gasteiger partial charge in [0, 0.05) is 10.9 Å². The fourth-order valence-electron chi connectivity index (χ4n) is 1.66. The van der Waals surface area contributed by atoms with Gasteiger partial charge in [-0.3, -0.25) is 4.79 Å². The normalized spacial score (nSPS) is 10.0. The molecule has 0 aliphatic heterocycles. The van der Waals surface area contributed by atoms with Gasteiger partial charge in [0.25, 0.3) is 0 Å². The summed E-state index contributed by atoms with van der Waals surface area (Å²) in [5.41, 5.74) is 1.68. The van der Waals surface area contributed by atoms with Gasteiger partial charge in [-0.25, -0.2) is 0 Å². The van der Waals surface area contributed by atoms with Crippen LogP contribution in [0.4, 0.5) is 0 Å². The van der Waals surface area contributed by atoms with E-state index >= 15 is 0 Å². The molecule has 2 aromatic rings. The molecule has 0 aromatic heterocycles. The summed E-state index contributed by atoms with van der Waals surface area (Å²) < 4.78 is 11.0. The number of hydrogen-bond acceptors (Lipinski definition) is 3. The molecule has 0 spiro atoms. The Morgan fingerprint density at radius 2 is 2.00 bits per heavy atom. The van der Waals surface area contributed by atoms with Crippen molar-refractivity contribution in [3.8, 4) is 17.2 Å². The van der Waals surface area contributed by atoms with E-state index in [-0.39, 0.29) is 0 Å². The molecule has 0 radical (unpaired) electrons. The van der Waals surface area contributed by atoms with Crippen LogP contribution in [0.5, 0.6) is 17.2 Å². The summed E-state index contributed by atoms with van der Waals surface area (Å²) in [6.07, 6.45) is 0.776. The highest BCUT2D eigenvalue weighted by Crippen LogP contribution is 2.32. The molecule has 2 aromatic carbocycles. The van der Waals surface area contributed by atoms with E-state index in [1.807, 2.05) is 24.3 Å². The van der Waals surface area contributed by atoms with Crippen molar-refractivity contribution in [1.29, 1.82) is 0 Å². The second-order valence-electron chi connectivity index (χ2n) is 3.91. The molecule has 98 valence electrons. The van der Waals surface area contributed by atoms with E-state index in [1.165, 1.54) is 0 Å². The monoisotopic (exact) mass is 320 g/mol. The molecule has 0 fully saturated rings. The highest BCUT2D eigenvalue weighted by atomic mass is 79.9. The average molecular weight is 321 g/mol. The van der Waals surface area contributed by atoms with Crippen LogP contribution in [0, 0.1) is 0 Å². The summed E-state index contributed by atoms with van der Waals surface area (Å²) in [5.74, 6) is 1.85. The van der Waals surface area contributed by atoms with Crippen LogP contribution in [0.3, 0.4) is 0 Å². The third kappa shape index (κ3) is 3.35. The summed E-state index contributed by atoms with van der Waals surface area (Å²) in [4.78, 5) is 10.7. The van der Waals surface area contributed by atoms with Gasteiger partial charge in [-0.05, 0) is 35.9 Å². The number of carbonyl (C=O) groups is 1. The number of aldehydes is 1. The number of carbonyl (C=O) groups excluding carboxylic acids is 1. The molecule has 2 rings (SSSR count). The van der Waals surface area contributed by atoms with Crippen LogP contribution in [0.1, 0.15) is 15.9 Å². The minimum atomic E-state index is 0.536. The van der Waals surface area contributed by atoms with Crippen molar-refractivity contribution in [3.05, 3.63) is 53.6 Å². The van der Waals surface area contributed by atoms with E-state index in [0.29, 0.717) is 17.1 Å². The lowest BCUT2D eigenvalue weighted by atomic mass is 10.2. The molecular formula is C15H13BrO3. The molecule has 0 saturated carbocycles. The maximum atomic E-state index is 10.7. The van der Waals surface area contributed by atoms with Crippen LogP contribution < -0.4 is 9.47 Å². The summed E-state index contributed by atoms with van der Waals surface area (Å²) in [7, 11) is 1.55. The molecule has 0 heterocycles. The van der Waals surface area contributed by atoms with Gasteiger partial charge in [-0.2, -0.15) is 0 Å². The number of alkyl halides is 1. The number of hydrogen-bond donors (Lipinski definition) is 0. The Morgan fingerprint density at radius 3 is 2.68 bits per heavy atom. The molecule has 0 aliphatic rings. The van der Waals surface area contributed by atoms with Gasteiger partial charge in [0.05, 0.1) is 7.11 Å². The van der Waals surface area contributed by atoms with Crippen LogP contribution in [0.15, 0.2) is 42.5 Å². The Bertz CT molecular complexity index is 581. The standard InChI is InChI=1S/C15H13BrO3/c1-18-15-8-12(10-17)5-6-14(15)19-13-4-2-3-11(7-13)9-16/h2-8,10H,9H2,1H3. The fourth-order valence-corrected chi connectivity index (χ4v) is 2.01. The van der Waals surface area contributed by atoms with E-state index in [9.17, 15) is 4.79 Å². The summed E-state index contributed by atoms with van der Waals surface area (Å²) in [6.45, 7) is 0. The SMILES string of the molecule is COc1cc(C=O)ccc1Oc1cccc(CBr)c1. The van der Waals surface area contributed by atoms with Crippen LogP contribution >= 0.6 is 15.9 Å². The smallest absolute Gasteiger partial charge is 0.169 e. The maximum absolute atomic E-state index is 10.7. The van der Waals surface area contributed by atoms with E-state index in [4.69, 9.17) is 9.47 Å².